The smallest absolute Gasteiger partial charge is 0.0414 e. The largest absolute Gasteiger partial charge is 0.309 e. The van der Waals surface area contributed by atoms with Crippen molar-refractivity contribution < 1.29 is 0 Å². The van der Waals surface area contributed by atoms with Crippen LogP contribution in [0.15, 0.2) is 17.5 Å². The molecule has 1 aliphatic rings. The first-order chi connectivity index (χ1) is 8.90. The zero-order valence-electron chi connectivity index (χ0n) is 11.7. The first kappa shape index (κ1) is 14.1. The number of hydrogen-bond acceptors (Lipinski definition) is 2. The molecule has 1 heterocycles. The molecule has 0 radical (unpaired) electrons. The Kier molecular flexibility index (Phi) is 6.22. The molecule has 1 aliphatic carbocycles. The third kappa shape index (κ3) is 4.40. The summed E-state index contributed by atoms with van der Waals surface area (Å²) in [6.07, 6.45) is 11.3. The second kappa shape index (κ2) is 7.96. The van der Waals surface area contributed by atoms with E-state index in [9.17, 15) is 0 Å². The standard InChI is InChI=1S/C16H27NS/c1-2-7-15(16-10-6-13-18-16)17-12-11-14-8-4-3-5-9-14/h6,10,13-15,17H,2-5,7-9,11-12H2,1H3. The van der Waals surface area contributed by atoms with Gasteiger partial charge in [0.2, 0.25) is 0 Å². The molecule has 0 amide bonds. The van der Waals surface area contributed by atoms with Crippen LogP contribution in [0.3, 0.4) is 0 Å². The predicted molar refractivity (Wildman–Crippen MR) is 81.2 cm³/mol. The molecule has 1 nitrogen and oxygen atoms in total. The molecule has 0 bridgehead atoms. The van der Waals surface area contributed by atoms with Crippen molar-refractivity contribution in [2.75, 3.05) is 6.54 Å². The van der Waals surface area contributed by atoms with E-state index in [4.69, 9.17) is 0 Å². The fourth-order valence-electron chi connectivity index (χ4n) is 3.06. The summed E-state index contributed by atoms with van der Waals surface area (Å²) >= 11 is 1.89. The quantitative estimate of drug-likeness (QED) is 0.719. The highest BCUT2D eigenvalue weighted by Crippen LogP contribution is 2.27. The molecule has 18 heavy (non-hydrogen) atoms. The van der Waals surface area contributed by atoms with Gasteiger partial charge in [0, 0.05) is 10.9 Å². The Labute approximate surface area is 116 Å². The highest BCUT2D eigenvalue weighted by Gasteiger charge is 2.15. The molecule has 1 N–H and O–H groups in total. The van der Waals surface area contributed by atoms with Crippen molar-refractivity contribution in [2.45, 2.75) is 64.3 Å². The zero-order valence-corrected chi connectivity index (χ0v) is 12.5. The van der Waals surface area contributed by atoms with E-state index in [1.54, 1.807) is 0 Å². The first-order valence-electron chi connectivity index (χ1n) is 7.67. The van der Waals surface area contributed by atoms with Gasteiger partial charge in [0.25, 0.3) is 0 Å². The fourth-order valence-corrected chi connectivity index (χ4v) is 3.90. The molecular formula is C16H27NS. The average molecular weight is 265 g/mol. The summed E-state index contributed by atoms with van der Waals surface area (Å²) in [6.45, 7) is 3.48. The maximum absolute atomic E-state index is 3.78. The third-order valence-electron chi connectivity index (χ3n) is 4.13. The third-order valence-corrected chi connectivity index (χ3v) is 5.12. The van der Waals surface area contributed by atoms with Gasteiger partial charge in [-0.1, -0.05) is 51.5 Å². The van der Waals surface area contributed by atoms with Gasteiger partial charge in [-0.15, -0.1) is 11.3 Å². The van der Waals surface area contributed by atoms with Gasteiger partial charge in [-0.05, 0) is 36.8 Å². The molecule has 0 aromatic carbocycles. The van der Waals surface area contributed by atoms with Crippen LogP contribution in [0.5, 0.6) is 0 Å². The van der Waals surface area contributed by atoms with Crippen molar-refractivity contribution in [3.8, 4) is 0 Å². The van der Waals surface area contributed by atoms with Crippen molar-refractivity contribution in [3.05, 3.63) is 22.4 Å². The van der Waals surface area contributed by atoms with E-state index in [1.807, 2.05) is 11.3 Å². The van der Waals surface area contributed by atoms with Gasteiger partial charge < -0.3 is 5.32 Å². The number of hydrogen-bond donors (Lipinski definition) is 1. The summed E-state index contributed by atoms with van der Waals surface area (Å²) in [5.41, 5.74) is 0. The van der Waals surface area contributed by atoms with Crippen LogP contribution in [-0.4, -0.2) is 6.54 Å². The maximum atomic E-state index is 3.78. The predicted octanol–water partition coefficient (Wildman–Crippen LogP) is 5.15. The number of thiophene rings is 1. The summed E-state index contributed by atoms with van der Waals surface area (Å²) in [4.78, 5) is 1.51. The van der Waals surface area contributed by atoms with E-state index in [1.165, 1.54) is 62.8 Å². The monoisotopic (exact) mass is 265 g/mol. The van der Waals surface area contributed by atoms with Crippen LogP contribution in [0.4, 0.5) is 0 Å². The molecular weight excluding hydrogens is 238 g/mol. The molecule has 102 valence electrons. The van der Waals surface area contributed by atoms with Crippen LogP contribution in [0, 0.1) is 5.92 Å². The van der Waals surface area contributed by atoms with Crippen molar-refractivity contribution >= 4 is 11.3 Å². The van der Waals surface area contributed by atoms with Crippen molar-refractivity contribution in [1.29, 1.82) is 0 Å². The van der Waals surface area contributed by atoms with Crippen LogP contribution in [-0.2, 0) is 0 Å². The molecule has 1 unspecified atom stereocenters. The van der Waals surface area contributed by atoms with Gasteiger partial charge >= 0.3 is 0 Å². The minimum absolute atomic E-state index is 0.596. The minimum atomic E-state index is 0.596. The molecule has 2 heteroatoms. The molecule has 1 atom stereocenters. The SMILES string of the molecule is CCCC(NCCC1CCCCC1)c1cccs1. The fraction of sp³-hybridized carbons (Fsp3) is 0.750. The Balaban J connectivity index is 1.72. The van der Waals surface area contributed by atoms with E-state index in [0.29, 0.717) is 6.04 Å². The lowest BCUT2D eigenvalue weighted by Crippen LogP contribution is -2.24. The van der Waals surface area contributed by atoms with Gasteiger partial charge in [0.1, 0.15) is 0 Å². The van der Waals surface area contributed by atoms with Crippen molar-refractivity contribution in [3.63, 3.8) is 0 Å². The van der Waals surface area contributed by atoms with Gasteiger partial charge in [-0.2, -0.15) is 0 Å². The number of nitrogens with one attached hydrogen (secondary N) is 1. The average Bonchev–Trinajstić information content (AvgIpc) is 2.93. The highest BCUT2D eigenvalue weighted by atomic mass is 32.1. The molecule has 1 saturated carbocycles. The van der Waals surface area contributed by atoms with Crippen LogP contribution in [0.25, 0.3) is 0 Å². The second-order valence-electron chi connectivity index (χ2n) is 5.60. The van der Waals surface area contributed by atoms with Crippen LogP contribution in [0.1, 0.15) is 69.2 Å². The zero-order chi connectivity index (χ0) is 12.6. The molecule has 2 rings (SSSR count). The van der Waals surface area contributed by atoms with E-state index in [0.717, 1.165) is 5.92 Å². The van der Waals surface area contributed by atoms with Gasteiger partial charge in [0.05, 0.1) is 0 Å². The lowest BCUT2D eigenvalue weighted by atomic mass is 9.87. The summed E-state index contributed by atoms with van der Waals surface area (Å²) in [7, 11) is 0. The van der Waals surface area contributed by atoms with Gasteiger partial charge in [0.15, 0.2) is 0 Å². The van der Waals surface area contributed by atoms with Crippen molar-refractivity contribution in [2.24, 2.45) is 5.92 Å². The van der Waals surface area contributed by atoms with Crippen molar-refractivity contribution in [1.82, 2.24) is 5.32 Å². The molecule has 0 spiro atoms. The summed E-state index contributed by atoms with van der Waals surface area (Å²) in [6, 6.07) is 5.04. The topological polar surface area (TPSA) is 12.0 Å². The van der Waals surface area contributed by atoms with Gasteiger partial charge in [-0.3, -0.25) is 0 Å². The summed E-state index contributed by atoms with van der Waals surface area (Å²) in [5, 5.41) is 5.98. The Hall–Kier alpha value is -0.340. The number of rotatable bonds is 7. The Bertz CT molecular complexity index is 301. The Morgan fingerprint density at radius 2 is 2.17 bits per heavy atom. The molecule has 0 aliphatic heterocycles. The first-order valence-corrected chi connectivity index (χ1v) is 8.55. The van der Waals surface area contributed by atoms with Crippen LogP contribution < -0.4 is 5.32 Å². The normalized spacial score (nSPS) is 18.9. The lowest BCUT2D eigenvalue weighted by Gasteiger charge is -2.23. The highest BCUT2D eigenvalue weighted by molar-refractivity contribution is 7.10. The molecule has 1 aromatic heterocycles. The van der Waals surface area contributed by atoms with E-state index < -0.39 is 0 Å². The maximum Gasteiger partial charge on any atom is 0.0414 e. The minimum Gasteiger partial charge on any atom is -0.309 e. The summed E-state index contributed by atoms with van der Waals surface area (Å²) in [5.74, 6) is 0.997. The van der Waals surface area contributed by atoms with E-state index in [-0.39, 0.29) is 0 Å². The lowest BCUT2D eigenvalue weighted by molar-refractivity contribution is 0.326. The Morgan fingerprint density at radius 1 is 1.33 bits per heavy atom. The second-order valence-corrected chi connectivity index (χ2v) is 6.58. The van der Waals surface area contributed by atoms with Crippen LogP contribution >= 0.6 is 11.3 Å². The summed E-state index contributed by atoms with van der Waals surface area (Å²) < 4.78 is 0. The molecule has 0 saturated heterocycles. The van der Waals surface area contributed by atoms with Crippen LogP contribution in [0.2, 0.25) is 0 Å². The van der Waals surface area contributed by atoms with E-state index in [2.05, 4.69) is 29.8 Å². The van der Waals surface area contributed by atoms with Gasteiger partial charge in [-0.25, -0.2) is 0 Å². The van der Waals surface area contributed by atoms with E-state index >= 15 is 0 Å². The molecule has 1 fully saturated rings. The molecule has 1 aromatic rings. The Morgan fingerprint density at radius 3 is 2.83 bits per heavy atom.